The summed E-state index contributed by atoms with van der Waals surface area (Å²) in [5, 5.41) is 8.05. The average Bonchev–Trinajstić information content (AvgIpc) is 2.65. The molecule has 0 radical (unpaired) electrons. The molecule has 2 aromatic carbocycles. The molecule has 2 aromatic rings. The molecule has 2 unspecified atom stereocenters. The molecule has 0 aliphatic carbocycles. The molecule has 7 nitrogen and oxygen atoms in total. The normalized spacial score (nSPS) is 12.5. The largest absolute Gasteiger partial charge is 0.351 e. The molecule has 0 bridgehead atoms. The Labute approximate surface area is 158 Å². The maximum Gasteiger partial charge on any atom is 0.316 e. The average molecular weight is 368 g/mol. The second-order valence-electron chi connectivity index (χ2n) is 6.26. The van der Waals surface area contributed by atoms with E-state index in [2.05, 4.69) is 16.0 Å². The van der Waals surface area contributed by atoms with Crippen molar-refractivity contribution in [1.29, 1.82) is 0 Å². The number of urea groups is 1. The van der Waals surface area contributed by atoms with Gasteiger partial charge in [-0.05, 0) is 36.2 Å². The van der Waals surface area contributed by atoms with E-state index in [0.29, 0.717) is 16.9 Å². The first-order valence-corrected chi connectivity index (χ1v) is 8.74. The minimum atomic E-state index is -0.699. The molecule has 7 heteroatoms. The molecular formula is C20H24N4O3. The Bertz CT molecular complexity index is 808. The number of hydrogen-bond acceptors (Lipinski definition) is 3. The topological polar surface area (TPSA) is 113 Å². The van der Waals surface area contributed by atoms with Crippen LogP contribution in [0.1, 0.15) is 30.6 Å². The molecule has 0 saturated carbocycles. The Morgan fingerprint density at radius 3 is 2.19 bits per heavy atom. The second-order valence-corrected chi connectivity index (χ2v) is 6.26. The number of carbonyl (C=O) groups excluding carboxylic acids is 3. The first kappa shape index (κ1) is 20.0. The number of hydrogen-bond donors (Lipinski definition) is 4. The molecule has 5 N–H and O–H groups in total. The van der Waals surface area contributed by atoms with E-state index in [-0.39, 0.29) is 17.7 Å². The van der Waals surface area contributed by atoms with Gasteiger partial charge in [0.05, 0.1) is 0 Å². The lowest BCUT2D eigenvalue weighted by molar-refractivity contribution is -0.119. The van der Waals surface area contributed by atoms with Crippen molar-refractivity contribution in [3.05, 3.63) is 60.2 Å². The van der Waals surface area contributed by atoms with Crippen LogP contribution in [0.5, 0.6) is 0 Å². The molecule has 0 aliphatic heterocycles. The summed E-state index contributed by atoms with van der Waals surface area (Å²) in [6.07, 6.45) is 0.719. The van der Waals surface area contributed by atoms with Gasteiger partial charge >= 0.3 is 6.03 Å². The highest BCUT2D eigenvalue weighted by molar-refractivity contribution is 6.01. The zero-order valence-electron chi connectivity index (χ0n) is 15.4. The number of primary amides is 1. The first-order chi connectivity index (χ1) is 12.9. The summed E-state index contributed by atoms with van der Waals surface area (Å²) in [4.78, 5) is 36.2. The monoisotopic (exact) mass is 368 g/mol. The van der Waals surface area contributed by atoms with Crippen molar-refractivity contribution < 1.29 is 14.4 Å². The minimum Gasteiger partial charge on any atom is -0.351 e. The second kappa shape index (κ2) is 9.38. The number of amides is 4. The molecule has 0 fully saturated rings. The van der Waals surface area contributed by atoms with Crippen molar-refractivity contribution >= 4 is 29.2 Å². The molecule has 2 rings (SSSR count). The van der Waals surface area contributed by atoms with Crippen molar-refractivity contribution in [1.82, 2.24) is 5.32 Å². The zero-order valence-corrected chi connectivity index (χ0v) is 15.4. The van der Waals surface area contributed by atoms with Crippen LogP contribution in [0.25, 0.3) is 0 Å². The van der Waals surface area contributed by atoms with Crippen molar-refractivity contribution in [2.75, 3.05) is 10.6 Å². The predicted octanol–water partition coefficient (Wildman–Crippen LogP) is 2.96. The van der Waals surface area contributed by atoms with Gasteiger partial charge in [-0.3, -0.25) is 9.59 Å². The molecule has 0 saturated heterocycles. The third-order valence-electron chi connectivity index (χ3n) is 4.22. The van der Waals surface area contributed by atoms with E-state index in [1.54, 1.807) is 48.5 Å². The van der Waals surface area contributed by atoms with Gasteiger partial charge in [0.1, 0.15) is 6.04 Å². The van der Waals surface area contributed by atoms with Gasteiger partial charge in [0.2, 0.25) is 5.91 Å². The number of benzene rings is 2. The summed E-state index contributed by atoms with van der Waals surface area (Å²) in [7, 11) is 0. The van der Waals surface area contributed by atoms with E-state index in [1.165, 1.54) is 0 Å². The lowest BCUT2D eigenvalue weighted by atomic mass is 9.97. The fourth-order valence-electron chi connectivity index (χ4n) is 2.55. The third kappa shape index (κ3) is 5.85. The lowest BCUT2D eigenvalue weighted by Gasteiger charge is -2.23. The molecule has 0 aliphatic rings. The maximum atomic E-state index is 12.8. The van der Waals surface area contributed by atoms with Gasteiger partial charge in [-0.2, -0.15) is 0 Å². The molecule has 27 heavy (non-hydrogen) atoms. The quantitative estimate of drug-likeness (QED) is 0.602. The first-order valence-electron chi connectivity index (χ1n) is 8.74. The fourth-order valence-corrected chi connectivity index (χ4v) is 2.55. The number of rotatable bonds is 7. The van der Waals surface area contributed by atoms with Crippen molar-refractivity contribution in [3.63, 3.8) is 0 Å². The SMILES string of the molecule is CCC(C)C(NC(=O)c1ccccc1)C(=O)Nc1cccc(NC(N)=O)c1. The van der Waals surface area contributed by atoms with E-state index < -0.39 is 12.1 Å². The maximum absolute atomic E-state index is 12.8. The third-order valence-corrected chi connectivity index (χ3v) is 4.22. The highest BCUT2D eigenvalue weighted by Gasteiger charge is 2.26. The van der Waals surface area contributed by atoms with Crippen LogP contribution in [0.2, 0.25) is 0 Å². The molecule has 142 valence electrons. The molecular weight excluding hydrogens is 344 g/mol. The van der Waals surface area contributed by atoms with Crippen LogP contribution in [-0.2, 0) is 4.79 Å². The van der Waals surface area contributed by atoms with Gasteiger partial charge in [-0.25, -0.2) is 4.79 Å². The fraction of sp³-hybridized carbons (Fsp3) is 0.250. The van der Waals surface area contributed by atoms with Crippen LogP contribution < -0.4 is 21.7 Å². The van der Waals surface area contributed by atoms with Gasteiger partial charge in [-0.15, -0.1) is 0 Å². The van der Waals surface area contributed by atoms with Gasteiger partial charge < -0.3 is 21.7 Å². The highest BCUT2D eigenvalue weighted by atomic mass is 16.2. The Morgan fingerprint density at radius 1 is 0.963 bits per heavy atom. The molecule has 0 heterocycles. The summed E-state index contributed by atoms with van der Waals surface area (Å²) >= 11 is 0. The smallest absolute Gasteiger partial charge is 0.316 e. The number of nitrogens with one attached hydrogen (secondary N) is 3. The standard InChI is InChI=1S/C20H24N4O3/c1-3-13(2)17(24-18(25)14-8-5-4-6-9-14)19(26)22-15-10-7-11-16(12-15)23-20(21)27/h4-13,17H,3H2,1-2H3,(H,22,26)(H,24,25)(H3,21,23,27). The van der Waals surface area contributed by atoms with Gasteiger partial charge in [0.15, 0.2) is 0 Å². The Kier molecular flexibility index (Phi) is 6.93. The summed E-state index contributed by atoms with van der Waals surface area (Å²) in [5.41, 5.74) is 6.56. The van der Waals surface area contributed by atoms with Crippen molar-refractivity contribution in [2.45, 2.75) is 26.3 Å². The van der Waals surface area contributed by atoms with Crippen LogP contribution in [0, 0.1) is 5.92 Å². The minimum absolute atomic E-state index is 0.0652. The Balaban J connectivity index is 2.13. The van der Waals surface area contributed by atoms with E-state index >= 15 is 0 Å². The number of nitrogens with two attached hydrogens (primary N) is 1. The molecule has 0 spiro atoms. The van der Waals surface area contributed by atoms with E-state index in [9.17, 15) is 14.4 Å². The van der Waals surface area contributed by atoms with Crippen LogP contribution in [0.3, 0.4) is 0 Å². The van der Waals surface area contributed by atoms with E-state index in [1.807, 2.05) is 19.9 Å². The van der Waals surface area contributed by atoms with E-state index in [0.717, 1.165) is 6.42 Å². The Morgan fingerprint density at radius 2 is 1.59 bits per heavy atom. The summed E-state index contributed by atoms with van der Waals surface area (Å²) in [6, 6.07) is 14.0. The van der Waals surface area contributed by atoms with E-state index in [4.69, 9.17) is 5.73 Å². The zero-order chi connectivity index (χ0) is 19.8. The molecule has 0 aromatic heterocycles. The van der Waals surface area contributed by atoms with Crippen LogP contribution >= 0.6 is 0 Å². The van der Waals surface area contributed by atoms with Crippen LogP contribution in [0.15, 0.2) is 54.6 Å². The van der Waals surface area contributed by atoms with Crippen molar-refractivity contribution in [2.24, 2.45) is 11.7 Å². The van der Waals surface area contributed by atoms with Crippen molar-refractivity contribution in [3.8, 4) is 0 Å². The summed E-state index contributed by atoms with van der Waals surface area (Å²) < 4.78 is 0. The molecule has 4 amide bonds. The van der Waals surface area contributed by atoms with Gasteiger partial charge in [-0.1, -0.05) is 44.5 Å². The van der Waals surface area contributed by atoms with Gasteiger partial charge in [0, 0.05) is 16.9 Å². The number of anilines is 2. The summed E-state index contributed by atoms with van der Waals surface area (Å²) in [6.45, 7) is 3.86. The van der Waals surface area contributed by atoms with Gasteiger partial charge in [0.25, 0.3) is 5.91 Å². The number of carbonyl (C=O) groups is 3. The van der Waals surface area contributed by atoms with Crippen LogP contribution in [0.4, 0.5) is 16.2 Å². The Hall–Kier alpha value is -3.35. The molecule has 2 atom stereocenters. The predicted molar refractivity (Wildman–Crippen MR) is 105 cm³/mol. The highest BCUT2D eigenvalue weighted by Crippen LogP contribution is 2.17. The van der Waals surface area contributed by atoms with Crippen LogP contribution in [-0.4, -0.2) is 23.9 Å². The summed E-state index contributed by atoms with van der Waals surface area (Å²) in [5.74, 6) is -0.699. The lowest BCUT2D eigenvalue weighted by Crippen LogP contribution is -2.47.